The van der Waals surface area contributed by atoms with Crippen molar-refractivity contribution in [2.75, 3.05) is 13.2 Å². The van der Waals surface area contributed by atoms with Gasteiger partial charge in [0.25, 0.3) is 0 Å². The van der Waals surface area contributed by atoms with Crippen LogP contribution >= 0.6 is 0 Å². The first-order valence-electron chi connectivity index (χ1n) is 48.5. The smallest absolute Gasteiger partial charge is 0.178 e. The summed E-state index contributed by atoms with van der Waals surface area (Å²) in [5, 5.41) is 22.9. The van der Waals surface area contributed by atoms with Gasteiger partial charge in [0, 0.05) is 65.6 Å². The normalized spacial score (nSPS) is 33.2. The number of aromatic nitrogens is 10. The SMILES string of the molecule is C[C@@H]1CC(C)(C)OC2(CCC3=Cc4c(cnn4-c4ccc(F)cc4)C[C@@]32C)O1.C[C@@H]1CCOC2(CCC3=Cc4c(cnn4-c4ccc(F)cc4)C[C@@]32C)O1.C[C@@H]1C[C@H](C)OC2(CCC3=Cc4c(cnn4-c4ccc(F)cc4)C[C@@]32C)O1.C[C@H]1CCOC2(CCC3=Cc4c(cnn4-c4ccc(F)cc4)C[C@@]32C)O1.C[C@H]1C[C@H](C)OC2(CCC3=Cc4c(cnn4-c4ccc(F)cc4)C[C@@]32C)O1. The van der Waals surface area contributed by atoms with Crippen molar-refractivity contribution < 1.29 is 69.3 Å². The van der Waals surface area contributed by atoms with Crippen LogP contribution in [0.4, 0.5) is 22.0 Å². The van der Waals surface area contributed by atoms with E-state index in [1.54, 1.807) is 60.7 Å². The third-order valence-corrected chi connectivity index (χ3v) is 32.4. The van der Waals surface area contributed by atoms with Crippen LogP contribution in [0, 0.1) is 56.2 Å². The molecule has 5 aromatic carbocycles. The summed E-state index contributed by atoms with van der Waals surface area (Å²) in [6.45, 7) is 32.2. The highest BCUT2D eigenvalue weighted by Gasteiger charge is 2.67. The fourth-order valence-corrected chi connectivity index (χ4v) is 25.6. The van der Waals surface area contributed by atoms with Crippen LogP contribution in [0.25, 0.3) is 58.8 Å². The standard InChI is InChI=1S/C23H27FN2O2.2C22H25FN2O2.2C21H23FN2O2/c1-15-12-21(2,3)28-23(27-15)10-9-17-11-20-16(13-22(17,23)4)14-25-26(20)19-7-5-18(24)6-8-19;2*1-14-10-15(2)27-22(26-14)9-8-17-11-20-16(12-21(17,22)3)13-24-25(20)19-6-4-18(23)5-7-19;2*1-14-8-10-25-21(26-14)9-7-16-11-19-15(12-20(16,21)2)13-23-24(19)18-5-3-17(22)4-6-18/h5-8,11,14-15H,9-10,12-13H2,1-4H3;2*4-7,11,13-15H,8-10,12H2,1-3H3;2*3-6,11,13-14H,7-10,12H2,1-2H3/t15-,22+,23?;14-,15+,21-,22?;14-,15-,21-;14-,20+,21?;14-,20-,21?/m10010/s1. The number of hydrogen-bond acceptors (Lipinski definition) is 15. The van der Waals surface area contributed by atoms with E-state index in [4.69, 9.17) is 47.4 Å². The second-order valence-electron chi connectivity index (χ2n) is 42.2. The molecule has 20 nitrogen and oxygen atoms in total. The predicted octanol–water partition coefficient (Wildman–Crippen LogP) is 22.9. The van der Waals surface area contributed by atoms with Gasteiger partial charge in [-0.15, -0.1) is 0 Å². The Hall–Kier alpha value is -9.90. The van der Waals surface area contributed by atoms with E-state index in [2.05, 4.69) is 153 Å². The molecule has 25 rings (SSSR count). The van der Waals surface area contributed by atoms with Crippen LogP contribution in [0.3, 0.4) is 0 Å². The lowest BCUT2D eigenvalue weighted by molar-refractivity contribution is -0.368. The minimum atomic E-state index is -0.588. The molecule has 5 saturated heterocycles. The second kappa shape index (κ2) is 33.5. The van der Waals surface area contributed by atoms with Crippen molar-refractivity contribution in [3.05, 3.63) is 266 Å². The van der Waals surface area contributed by atoms with Gasteiger partial charge in [0.1, 0.15) is 29.1 Å². The van der Waals surface area contributed by atoms with Crippen LogP contribution in [-0.4, -0.2) is 139 Å². The first kappa shape index (κ1) is 90.6. The molecule has 10 aliphatic carbocycles. The monoisotopic (exact) mass is 1830 g/mol. The van der Waals surface area contributed by atoms with E-state index in [1.165, 1.54) is 116 Å². The third kappa shape index (κ3) is 15.2. The summed E-state index contributed by atoms with van der Waals surface area (Å²) in [6, 6.07) is 32.4. The number of nitrogens with zero attached hydrogens (tertiary/aromatic N) is 10. The predicted molar refractivity (Wildman–Crippen MR) is 500 cm³/mol. The van der Waals surface area contributed by atoms with Gasteiger partial charge in [0.2, 0.25) is 0 Å². The van der Waals surface area contributed by atoms with Gasteiger partial charge in [-0.25, -0.2) is 45.4 Å². The van der Waals surface area contributed by atoms with Crippen molar-refractivity contribution in [2.24, 2.45) is 27.1 Å². The van der Waals surface area contributed by atoms with Crippen LogP contribution in [-0.2, 0) is 79.5 Å². The van der Waals surface area contributed by atoms with Gasteiger partial charge in [0.05, 0.1) is 149 Å². The van der Waals surface area contributed by atoms with Crippen LogP contribution in [0.15, 0.2) is 180 Å². The zero-order valence-electron chi connectivity index (χ0n) is 79.4. The molecule has 16 atom stereocenters. The maximum atomic E-state index is 13.3. The third-order valence-electron chi connectivity index (χ3n) is 32.4. The lowest BCUT2D eigenvalue weighted by Crippen LogP contribution is -2.59. The molecule has 134 heavy (non-hydrogen) atoms. The Morgan fingerprint density at radius 2 is 0.493 bits per heavy atom. The molecule has 4 unspecified atom stereocenters. The molecule has 0 N–H and O–H groups in total. The summed E-state index contributed by atoms with van der Waals surface area (Å²) in [5.74, 6) is -3.92. The number of halogens is 5. The van der Waals surface area contributed by atoms with Gasteiger partial charge in [-0.1, -0.05) is 62.5 Å². The molecule has 5 spiro atoms. The average molecular weight is 1830 g/mol. The van der Waals surface area contributed by atoms with Crippen molar-refractivity contribution in [1.82, 2.24) is 48.9 Å². The lowest BCUT2D eigenvalue weighted by Gasteiger charge is -2.53. The number of hydrogen-bond donors (Lipinski definition) is 0. The molecule has 0 bridgehead atoms. The van der Waals surface area contributed by atoms with Gasteiger partial charge in [-0.05, 0) is 332 Å². The van der Waals surface area contributed by atoms with Gasteiger partial charge < -0.3 is 47.4 Å². The first-order chi connectivity index (χ1) is 64.0. The van der Waals surface area contributed by atoms with E-state index < -0.39 is 28.9 Å². The molecular formula is C109H123F5N10O10. The molecule has 15 aliphatic rings. The summed E-state index contributed by atoms with van der Waals surface area (Å²) >= 11 is 0. The Bertz CT molecular complexity index is 6010. The van der Waals surface area contributed by atoms with Crippen molar-refractivity contribution >= 4 is 30.4 Å². The van der Waals surface area contributed by atoms with E-state index in [1.807, 2.05) is 54.4 Å². The van der Waals surface area contributed by atoms with E-state index in [0.29, 0.717) is 0 Å². The van der Waals surface area contributed by atoms with Crippen LogP contribution < -0.4 is 0 Å². The van der Waals surface area contributed by atoms with E-state index in [-0.39, 0.29) is 104 Å². The Kier molecular flexibility index (Phi) is 22.6. The number of fused-ring (bicyclic) bond motifs is 15. The molecule has 0 amide bonds. The van der Waals surface area contributed by atoms with Gasteiger partial charge >= 0.3 is 0 Å². The first-order valence-corrected chi connectivity index (χ1v) is 48.5. The molecule has 5 aliphatic heterocycles. The number of ether oxygens (including phenoxy) is 10. The Morgan fingerprint density at radius 1 is 0.276 bits per heavy atom. The fraction of sp³-hybridized carbons (Fsp3) is 0.495. The minimum Gasteiger partial charge on any atom is -0.349 e. The summed E-state index contributed by atoms with van der Waals surface area (Å²) in [6.07, 6.45) is 40.5. The van der Waals surface area contributed by atoms with Crippen molar-refractivity contribution in [3.63, 3.8) is 0 Å². The van der Waals surface area contributed by atoms with E-state index >= 15 is 0 Å². The van der Waals surface area contributed by atoms with Gasteiger partial charge in [0.15, 0.2) is 28.9 Å². The van der Waals surface area contributed by atoms with E-state index in [0.717, 1.165) is 199 Å². The quantitative estimate of drug-likeness (QED) is 0.148. The molecule has 5 saturated carbocycles. The summed E-state index contributed by atoms with van der Waals surface area (Å²) in [4.78, 5) is 0. The Balaban J connectivity index is 0.000000101. The zero-order chi connectivity index (χ0) is 93.2. The molecule has 10 fully saturated rings. The van der Waals surface area contributed by atoms with Crippen molar-refractivity contribution in [3.8, 4) is 28.4 Å². The molecule has 10 aromatic rings. The maximum absolute atomic E-state index is 13.3. The molecule has 25 heteroatoms. The van der Waals surface area contributed by atoms with Crippen molar-refractivity contribution in [2.45, 2.75) is 303 Å². The highest BCUT2D eigenvalue weighted by Crippen LogP contribution is 2.66. The summed E-state index contributed by atoms with van der Waals surface area (Å²) < 4.78 is 140. The second-order valence-corrected chi connectivity index (χ2v) is 42.2. The Labute approximate surface area is 781 Å². The Morgan fingerprint density at radius 3 is 0.739 bits per heavy atom. The number of rotatable bonds is 5. The lowest BCUT2D eigenvalue weighted by atomic mass is 9.71. The largest absolute Gasteiger partial charge is 0.349 e. The van der Waals surface area contributed by atoms with Crippen molar-refractivity contribution in [1.29, 1.82) is 0 Å². The summed E-state index contributed by atoms with van der Waals surface area (Å²) in [7, 11) is 0. The highest BCUT2D eigenvalue weighted by molar-refractivity contribution is 5.68. The molecule has 0 radical (unpaired) electrons. The molecule has 10 heterocycles. The van der Waals surface area contributed by atoms with Gasteiger partial charge in [-0.3, -0.25) is 0 Å². The highest BCUT2D eigenvalue weighted by atomic mass is 19.1. The van der Waals surface area contributed by atoms with E-state index in [9.17, 15) is 22.0 Å². The maximum Gasteiger partial charge on any atom is 0.178 e. The van der Waals surface area contributed by atoms with Crippen LogP contribution in [0.5, 0.6) is 0 Å². The average Bonchev–Trinajstić information content (AvgIpc) is 1.07. The molecule has 5 aromatic heterocycles. The number of benzene rings is 5. The molecule has 704 valence electrons. The van der Waals surface area contributed by atoms with Crippen LogP contribution in [0.2, 0.25) is 0 Å². The fourth-order valence-electron chi connectivity index (χ4n) is 25.6. The summed E-state index contributed by atoms with van der Waals surface area (Å²) in [5.41, 5.74) is 21.4. The molecular weight excluding hydrogens is 1700 g/mol. The van der Waals surface area contributed by atoms with Gasteiger partial charge in [-0.2, -0.15) is 25.5 Å². The topological polar surface area (TPSA) is 181 Å². The van der Waals surface area contributed by atoms with Crippen LogP contribution in [0.1, 0.15) is 250 Å². The zero-order valence-corrected chi connectivity index (χ0v) is 79.4. The minimum absolute atomic E-state index is 0.161.